The van der Waals surface area contributed by atoms with Gasteiger partial charge in [0.2, 0.25) is 0 Å². The van der Waals surface area contributed by atoms with Gasteiger partial charge in [-0.3, -0.25) is 0 Å². The van der Waals surface area contributed by atoms with Crippen LogP contribution in [0.2, 0.25) is 0 Å². The standard InChI is InChI=1S/C13H29NO3/c1-5-13(2)12-17-11-10-16-9-8-15-7-6-14(3)4/h13H,5-12H2,1-4H3. The second-order valence-electron chi connectivity index (χ2n) is 4.62. The summed E-state index contributed by atoms with van der Waals surface area (Å²) in [5, 5.41) is 0. The molecule has 0 saturated heterocycles. The van der Waals surface area contributed by atoms with Crippen LogP contribution in [-0.2, 0) is 14.2 Å². The van der Waals surface area contributed by atoms with Crippen molar-refractivity contribution in [1.29, 1.82) is 0 Å². The number of rotatable bonds is 12. The van der Waals surface area contributed by atoms with Crippen LogP contribution in [0.1, 0.15) is 20.3 Å². The number of likely N-dealkylation sites (N-methyl/N-ethyl adjacent to an activating group) is 1. The topological polar surface area (TPSA) is 30.9 Å². The molecular formula is C13H29NO3. The molecule has 0 saturated carbocycles. The molecule has 0 N–H and O–H groups in total. The molecule has 0 aliphatic heterocycles. The minimum Gasteiger partial charge on any atom is -0.379 e. The van der Waals surface area contributed by atoms with Gasteiger partial charge in [-0.15, -0.1) is 0 Å². The molecule has 1 unspecified atom stereocenters. The van der Waals surface area contributed by atoms with Gasteiger partial charge in [0.05, 0.1) is 33.0 Å². The zero-order valence-corrected chi connectivity index (χ0v) is 11.9. The maximum absolute atomic E-state index is 5.47. The van der Waals surface area contributed by atoms with Crippen LogP contribution in [0.4, 0.5) is 0 Å². The fourth-order valence-corrected chi connectivity index (χ4v) is 1.09. The lowest BCUT2D eigenvalue weighted by molar-refractivity contribution is 0.00649. The highest BCUT2D eigenvalue weighted by molar-refractivity contribution is 4.46. The minimum atomic E-state index is 0.643. The summed E-state index contributed by atoms with van der Waals surface area (Å²) >= 11 is 0. The van der Waals surface area contributed by atoms with Gasteiger partial charge in [0.1, 0.15) is 0 Å². The fourth-order valence-electron chi connectivity index (χ4n) is 1.09. The second-order valence-corrected chi connectivity index (χ2v) is 4.62. The molecule has 0 amide bonds. The van der Waals surface area contributed by atoms with Gasteiger partial charge in [0.25, 0.3) is 0 Å². The quantitative estimate of drug-likeness (QED) is 0.491. The van der Waals surface area contributed by atoms with Crippen molar-refractivity contribution < 1.29 is 14.2 Å². The Labute approximate surface area is 106 Å². The molecule has 0 aromatic heterocycles. The van der Waals surface area contributed by atoms with E-state index in [0.717, 1.165) is 19.8 Å². The Balaban J connectivity index is 2.99. The molecular weight excluding hydrogens is 218 g/mol. The van der Waals surface area contributed by atoms with Gasteiger partial charge >= 0.3 is 0 Å². The van der Waals surface area contributed by atoms with E-state index >= 15 is 0 Å². The van der Waals surface area contributed by atoms with Gasteiger partial charge in [-0.05, 0) is 20.0 Å². The Morgan fingerprint density at radius 2 is 1.41 bits per heavy atom. The third-order valence-corrected chi connectivity index (χ3v) is 2.53. The summed E-state index contributed by atoms with van der Waals surface area (Å²) < 4.78 is 16.3. The van der Waals surface area contributed by atoms with E-state index in [0.29, 0.717) is 32.3 Å². The van der Waals surface area contributed by atoms with Crippen LogP contribution in [0, 0.1) is 5.92 Å². The van der Waals surface area contributed by atoms with Gasteiger partial charge in [-0.25, -0.2) is 0 Å². The van der Waals surface area contributed by atoms with Crippen molar-refractivity contribution in [2.24, 2.45) is 5.92 Å². The molecule has 0 bridgehead atoms. The molecule has 17 heavy (non-hydrogen) atoms. The summed E-state index contributed by atoms with van der Waals surface area (Å²) in [6, 6.07) is 0. The molecule has 0 fully saturated rings. The first-order valence-electron chi connectivity index (χ1n) is 6.54. The third-order valence-electron chi connectivity index (χ3n) is 2.53. The van der Waals surface area contributed by atoms with Gasteiger partial charge in [-0.1, -0.05) is 20.3 Å². The van der Waals surface area contributed by atoms with Crippen molar-refractivity contribution in [3.8, 4) is 0 Å². The maximum Gasteiger partial charge on any atom is 0.0701 e. The lowest BCUT2D eigenvalue weighted by Crippen LogP contribution is -2.19. The fraction of sp³-hybridized carbons (Fsp3) is 1.00. The van der Waals surface area contributed by atoms with Crippen molar-refractivity contribution >= 4 is 0 Å². The number of nitrogens with zero attached hydrogens (tertiary/aromatic N) is 1. The Morgan fingerprint density at radius 3 is 1.94 bits per heavy atom. The molecule has 0 radical (unpaired) electrons. The SMILES string of the molecule is CCC(C)COCCOCCOCCN(C)C. The van der Waals surface area contributed by atoms with Crippen LogP contribution in [-0.4, -0.2) is 65.2 Å². The summed E-state index contributed by atoms with van der Waals surface area (Å²) in [4.78, 5) is 2.10. The molecule has 1 atom stereocenters. The highest BCUT2D eigenvalue weighted by atomic mass is 16.5. The van der Waals surface area contributed by atoms with Crippen LogP contribution in [0.15, 0.2) is 0 Å². The van der Waals surface area contributed by atoms with E-state index in [4.69, 9.17) is 14.2 Å². The summed E-state index contributed by atoms with van der Waals surface area (Å²) in [6.45, 7) is 9.59. The molecule has 0 heterocycles. The van der Waals surface area contributed by atoms with E-state index in [1.807, 2.05) is 14.1 Å². The molecule has 0 rings (SSSR count). The first-order chi connectivity index (χ1) is 8.16. The van der Waals surface area contributed by atoms with E-state index in [-0.39, 0.29) is 0 Å². The van der Waals surface area contributed by atoms with Crippen LogP contribution in [0.5, 0.6) is 0 Å². The van der Waals surface area contributed by atoms with Gasteiger partial charge < -0.3 is 19.1 Å². The van der Waals surface area contributed by atoms with Gasteiger partial charge in [0, 0.05) is 13.2 Å². The monoisotopic (exact) mass is 247 g/mol. The normalized spacial score (nSPS) is 13.2. The van der Waals surface area contributed by atoms with Crippen LogP contribution in [0.3, 0.4) is 0 Å². The summed E-state index contributed by atoms with van der Waals surface area (Å²) in [5.41, 5.74) is 0. The predicted octanol–water partition coefficient (Wildman–Crippen LogP) is 1.64. The molecule has 0 aliphatic carbocycles. The Kier molecular flexibility index (Phi) is 12.2. The van der Waals surface area contributed by atoms with Gasteiger partial charge in [0.15, 0.2) is 0 Å². The molecule has 104 valence electrons. The second kappa shape index (κ2) is 12.3. The van der Waals surface area contributed by atoms with Gasteiger partial charge in [-0.2, -0.15) is 0 Å². The summed E-state index contributed by atoms with van der Waals surface area (Å²) in [7, 11) is 4.07. The highest BCUT2D eigenvalue weighted by Crippen LogP contribution is 1.99. The van der Waals surface area contributed by atoms with E-state index in [1.165, 1.54) is 6.42 Å². The Morgan fingerprint density at radius 1 is 0.882 bits per heavy atom. The minimum absolute atomic E-state index is 0.643. The zero-order chi connectivity index (χ0) is 12.9. The lowest BCUT2D eigenvalue weighted by atomic mass is 10.1. The summed E-state index contributed by atoms with van der Waals surface area (Å²) in [6.07, 6.45) is 1.17. The first-order valence-corrected chi connectivity index (χ1v) is 6.54. The molecule has 0 aromatic rings. The van der Waals surface area contributed by atoms with Crippen molar-refractivity contribution in [1.82, 2.24) is 4.90 Å². The molecule has 4 nitrogen and oxygen atoms in total. The average molecular weight is 247 g/mol. The number of hydrogen-bond donors (Lipinski definition) is 0. The van der Waals surface area contributed by atoms with E-state index in [2.05, 4.69) is 18.7 Å². The van der Waals surface area contributed by atoms with Crippen LogP contribution >= 0.6 is 0 Å². The molecule has 0 spiro atoms. The molecule has 4 heteroatoms. The summed E-state index contributed by atoms with van der Waals surface area (Å²) in [5.74, 6) is 0.643. The van der Waals surface area contributed by atoms with E-state index < -0.39 is 0 Å². The van der Waals surface area contributed by atoms with E-state index in [9.17, 15) is 0 Å². The highest BCUT2D eigenvalue weighted by Gasteiger charge is 1.98. The lowest BCUT2D eigenvalue weighted by Gasteiger charge is -2.11. The predicted molar refractivity (Wildman–Crippen MR) is 70.5 cm³/mol. The first kappa shape index (κ1) is 16.8. The largest absolute Gasteiger partial charge is 0.379 e. The average Bonchev–Trinajstić information content (AvgIpc) is 2.30. The van der Waals surface area contributed by atoms with Crippen molar-refractivity contribution in [3.63, 3.8) is 0 Å². The zero-order valence-electron chi connectivity index (χ0n) is 11.9. The Bertz CT molecular complexity index is 154. The number of ether oxygens (including phenoxy) is 3. The third kappa shape index (κ3) is 13.8. The van der Waals surface area contributed by atoms with Crippen molar-refractivity contribution in [3.05, 3.63) is 0 Å². The Hall–Kier alpha value is -0.160. The molecule has 0 aromatic carbocycles. The molecule has 0 aliphatic rings. The number of hydrogen-bond acceptors (Lipinski definition) is 4. The van der Waals surface area contributed by atoms with E-state index in [1.54, 1.807) is 0 Å². The smallest absolute Gasteiger partial charge is 0.0701 e. The van der Waals surface area contributed by atoms with Crippen LogP contribution < -0.4 is 0 Å². The van der Waals surface area contributed by atoms with Crippen molar-refractivity contribution in [2.45, 2.75) is 20.3 Å². The van der Waals surface area contributed by atoms with Crippen LogP contribution in [0.25, 0.3) is 0 Å². The van der Waals surface area contributed by atoms with Crippen molar-refractivity contribution in [2.75, 3.05) is 60.3 Å². The maximum atomic E-state index is 5.47.